The molecule has 1 heterocycles. The molecule has 12 heavy (non-hydrogen) atoms. The van der Waals surface area contributed by atoms with Gasteiger partial charge in [-0.25, -0.2) is 4.90 Å². The predicted molar refractivity (Wildman–Crippen MR) is 45.0 cm³/mol. The maximum absolute atomic E-state index is 11.3. The largest absolute Gasteiger partial charge is 0.273 e. The van der Waals surface area contributed by atoms with Crippen molar-refractivity contribution in [3.8, 4) is 0 Å². The molecule has 2 amide bonds. The first-order valence-corrected chi connectivity index (χ1v) is 3.63. The molecule has 0 aliphatic carbocycles. The zero-order valence-corrected chi connectivity index (χ0v) is 7.26. The minimum atomic E-state index is -0.585. The molecule has 0 spiro atoms. The molecular formula is C9H11NO2. The van der Waals surface area contributed by atoms with Crippen molar-refractivity contribution in [2.75, 3.05) is 0 Å². The highest BCUT2D eigenvalue weighted by atomic mass is 16.2. The van der Waals surface area contributed by atoms with Crippen LogP contribution in [0.15, 0.2) is 24.9 Å². The van der Waals surface area contributed by atoms with Crippen LogP contribution in [-0.2, 0) is 9.59 Å². The van der Waals surface area contributed by atoms with Crippen LogP contribution in [0.3, 0.4) is 0 Å². The summed E-state index contributed by atoms with van der Waals surface area (Å²) in [7, 11) is 0. The van der Waals surface area contributed by atoms with Crippen molar-refractivity contribution >= 4 is 11.8 Å². The number of rotatable bonds is 1. The minimum absolute atomic E-state index is 0.211. The first kappa shape index (κ1) is 8.71. The maximum atomic E-state index is 11.3. The highest BCUT2D eigenvalue weighted by molar-refractivity contribution is 6.10. The average Bonchev–Trinajstić information content (AvgIpc) is 2.04. The molecule has 0 radical (unpaired) electrons. The maximum Gasteiger partial charge on any atom is 0.256 e. The number of hydrogen-bond donors (Lipinski definition) is 0. The van der Waals surface area contributed by atoms with E-state index in [0.717, 1.165) is 11.0 Å². The molecule has 3 heteroatoms. The summed E-state index contributed by atoms with van der Waals surface area (Å²) in [5.41, 5.74) is -0.0454. The van der Waals surface area contributed by atoms with E-state index in [1.807, 2.05) is 0 Å². The summed E-state index contributed by atoms with van der Waals surface area (Å²) >= 11 is 0. The molecule has 1 aliphatic heterocycles. The van der Waals surface area contributed by atoms with E-state index in [1.165, 1.54) is 0 Å². The molecule has 0 atom stereocenters. The Morgan fingerprint density at radius 2 is 2.08 bits per heavy atom. The fraction of sp³-hybridized carbons (Fsp3) is 0.333. The van der Waals surface area contributed by atoms with Gasteiger partial charge in [0.15, 0.2) is 0 Å². The molecule has 0 unspecified atom stereocenters. The third-order valence-corrected chi connectivity index (χ3v) is 2.12. The van der Waals surface area contributed by atoms with Crippen LogP contribution in [-0.4, -0.2) is 16.7 Å². The Kier molecular flexibility index (Phi) is 1.67. The Labute approximate surface area is 71.4 Å². The number of nitrogens with zero attached hydrogens (tertiary/aromatic N) is 1. The van der Waals surface area contributed by atoms with Gasteiger partial charge in [0.1, 0.15) is 0 Å². The predicted octanol–water partition coefficient (Wildman–Crippen LogP) is 1.08. The van der Waals surface area contributed by atoms with E-state index in [0.29, 0.717) is 5.70 Å². The fourth-order valence-electron chi connectivity index (χ4n) is 1.08. The van der Waals surface area contributed by atoms with E-state index < -0.39 is 11.3 Å². The van der Waals surface area contributed by atoms with Crippen LogP contribution in [0.5, 0.6) is 0 Å². The summed E-state index contributed by atoms with van der Waals surface area (Å²) in [5.74, 6) is -0.610. The van der Waals surface area contributed by atoms with Crippen LogP contribution in [0, 0.1) is 5.41 Å². The monoisotopic (exact) mass is 165 g/mol. The second-order valence-corrected chi connectivity index (χ2v) is 3.25. The minimum Gasteiger partial charge on any atom is -0.273 e. The molecule has 0 saturated carbocycles. The highest BCUT2D eigenvalue weighted by Gasteiger charge is 2.50. The quantitative estimate of drug-likeness (QED) is 0.430. The van der Waals surface area contributed by atoms with Crippen LogP contribution >= 0.6 is 0 Å². The van der Waals surface area contributed by atoms with Gasteiger partial charge in [0, 0.05) is 5.70 Å². The first-order valence-electron chi connectivity index (χ1n) is 3.63. The number of likely N-dealkylation sites (tertiary alicyclic amines) is 1. The second kappa shape index (κ2) is 2.30. The number of carbonyl (C=O) groups is 2. The molecule has 0 N–H and O–H groups in total. The second-order valence-electron chi connectivity index (χ2n) is 3.25. The molecule has 64 valence electrons. The Balaban J connectivity index is 2.90. The van der Waals surface area contributed by atoms with Gasteiger partial charge in [-0.05, 0) is 19.9 Å². The summed E-state index contributed by atoms with van der Waals surface area (Å²) in [5, 5.41) is 0. The van der Waals surface area contributed by atoms with Crippen molar-refractivity contribution in [1.82, 2.24) is 4.90 Å². The van der Waals surface area contributed by atoms with Crippen LogP contribution in [0.25, 0.3) is 0 Å². The lowest BCUT2D eigenvalue weighted by Gasteiger charge is -2.44. The SMILES string of the molecule is C=CC(=O)N1C(=C)C(C)(C)C1=O. The summed E-state index contributed by atoms with van der Waals surface area (Å²) in [4.78, 5) is 23.4. The summed E-state index contributed by atoms with van der Waals surface area (Å²) in [6.07, 6.45) is 1.11. The lowest BCUT2D eigenvalue weighted by Crippen LogP contribution is -2.57. The molecule has 0 aromatic rings. The summed E-state index contributed by atoms with van der Waals surface area (Å²) in [6, 6.07) is 0. The van der Waals surface area contributed by atoms with Gasteiger partial charge in [-0.2, -0.15) is 0 Å². The highest BCUT2D eigenvalue weighted by Crippen LogP contribution is 2.40. The lowest BCUT2D eigenvalue weighted by atomic mass is 9.79. The Bertz CT molecular complexity index is 271. The van der Waals surface area contributed by atoms with Crippen molar-refractivity contribution in [3.05, 3.63) is 24.9 Å². The van der Waals surface area contributed by atoms with Crippen LogP contribution in [0.1, 0.15) is 13.8 Å². The Morgan fingerprint density at radius 1 is 1.58 bits per heavy atom. The van der Waals surface area contributed by atoms with Crippen molar-refractivity contribution in [3.63, 3.8) is 0 Å². The molecule has 0 aromatic carbocycles. The van der Waals surface area contributed by atoms with Crippen LogP contribution < -0.4 is 0 Å². The summed E-state index contributed by atoms with van der Waals surface area (Å²) in [6.45, 7) is 10.4. The fourth-order valence-corrected chi connectivity index (χ4v) is 1.08. The van der Waals surface area contributed by atoms with E-state index in [2.05, 4.69) is 13.2 Å². The number of imide groups is 1. The van der Waals surface area contributed by atoms with Crippen LogP contribution in [0.4, 0.5) is 0 Å². The van der Waals surface area contributed by atoms with Gasteiger partial charge in [0.05, 0.1) is 5.41 Å². The third-order valence-electron chi connectivity index (χ3n) is 2.12. The van der Waals surface area contributed by atoms with Crippen molar-refractivity contribution in [2.24, 2.45) is 5.41 Å². The molecule has 1 rings (SSSR count). The van der Waals surface area contributed by atoms with Crippen LogP contribution in [0.2, 0.25) is 0 Å². The van der Waals surface area contributed by atoms with Gasteiger partial charge in [-0.1, -0.05) is 13.2 Å². The smallest absolute Gasteiger partial charge is 0.256 e. The van der Waals surface area contributed by atoms with E-state index >= 15 is 0 Å². The number of amides is 2. The normalized spacial score (nSPS) is 20.3. The van der Waals surface area contributed by atoms with Crippen molar-refractivity contribution in [2.45, 2.75) is 13.8 Å². The van der Waals surface area contributed by atoms with E-state index in [1.54, 1.807) is 13.8 Å². The van der Waals surface area contributed by atoms with Gasteiger partial charge in [-0.15, -0.1) is 0 Å². The zero-order chi connectivity index (χ0) is 9.52. The van der Waals surface area contributed by atoms with Gasteiger partial charge < -0.3 is 0 Å². The van der Waals surface area contributed by atoms with Gasteiger partial charge in [0.25, 0.3) is 5.91 Å². The average molecular weight is 165 g/mol. The number of hydrogen-bond acceptors (Lipinski definition) is 2. The van der Waals surface area contributed by atoms with Gasteiger partial charge in [-0.3, -0.25) is 9.59 Å². The third kappa shape index (κ3) is 0.826. The molecule has 1 saturated heterocycles. The Hall–Kier alpha value is -1.38. The standard InChI is InChI=1S/C9H11NO2/c1-5-7(11)10-6(2)9(3,4)8(10)12/h5H,1-2H2,3-4H3. The molecule has 0 aromatic heterocycles. The Morgan fingerprint density at radius 3 is 2.42 bits per heavy atom. The summed E-state index contributed by atoms with van der Waals surface area (Å²) < 4.78 is 0. The van der Waals surface area contributed by atoms with Gasteiger partial charge in [0.2, 0.25) is 5.91 Å². The first-order chi connectivity index (χ1) is 5.42. The zero-order valence-electron chi connectivity index (χ0n) is 7.26. The van der Waals surface area contributed by atoms with E-state index in [4.69, 9.17) is 0 Å². The number of carbonyl (C=O) groups excluding carboxylic acids is 2. The molecule has 1 fully saturated rings. The lowest BCUT2D eigenvalue weighted by molar-refractivity contribution is -0.155. The topological polar surface area (TPSA) is 37.4 Å². The van der Waals surface area contributed by atoms with E-state index in [-0.39, 0.29) is 5.91 Å². The number of β-lactam (4-membered cyclic amide) rings is 1. The molecule has 0 bridgehead atoms. The van der Waals surface area contributed by atoms with Gasteiger partial charge >= 0.3 is 0 Å². The van der Waals surface area contributed by atoms with Crippen molar-refractivity contribution in [1.29, 1.82) is 0 Å². The van der Waals surface area contributed by atoms with Crippen molar-refractivity contribution < 1.29 is 9.59 Å². The van der Waals surface area contributed by atoms with E-state index in [9.17, 15) is 9.59 Å². The molecule has 3 nitrogen and oxygen atoms in total. The molecule has 1 aliphatic rings. The molecular weight excluding hydrogens is 154 g/mol.